The van der Waals surface area contributed by atoms with Crippen LogP contribution in [-0.2, 0) is 6.61 Å². The van der Waals surface area contributed by atoms with E-state index in [1.54, 1.807) is 12.3 Å². The molecule has 2 rings (SSSR count). The van der Waals surface area contributed by atoms with Crippen molar-refractivity contribution < 1.29 is 29.2 Å². The van der Waals surface area contributed by atoms with Gasteiger partial charge >= 0.3 is 5.97 Å². The van der Waals surface area contributed by atoms with Crippen molar-refractivity contribution >= 4 is 5.97 Å². The number of rotatable bonds is 5. The molecule has 1 aromatic heterocycles. The SMILES string of the molecule is COc1ccc(C(=O)O)c(OC)c1OC.OCc1ccccn1. The van der Waals surface area contributed by atoms with Crippen LogP contribution in [0.5, 0.6) is 17.2 Å². The number of carboxylic acids is 1. The number of hydrogen-bond acceptors (Lipinski definition) is 6. The fourth-order valence-corrected chi connectivity index (χ4v) is 1.76. The molecule has 1 heterocycles. The van der Waals surface area contributed by atoms with Crippen LogP contribution in [0.3, 0.4) is 0 Å². The molecule has 0 saturated heterocycles. The van der Waals surface area contributed by atoms with Crippen molar-refractivity contribution in [3.05, 3.63) is 47.8 Å². The first-order valence-corrected chi connectivity index (χ1v) is 6.62. The minimum atomic E-state index is -1.08. The van der Waals surface area contributed by atoms with E-state index in [1.165, 1.54) is 33.5 Å². The Balaban J connectivity index is 0.000000277. The van der Waals surface area contributed by atoms with Crippen molar-refractivity contribution in [2.75, 3.05) is 21.3 Å². The van der Waals surface area contributed by atoms with Gasteiger partial charge in [0, 0.05) is 6.20 Å². The van der Waals surface area contributed by atoms with Crippen LogP contribution in [0.2, 0.25) is 0 Å². The molecule has 23 heavy (non-hydrogen) atoms. The second-order valence-corrected chi connectivity index (χ2v) is 4.17. The molecule has 0 fully saturated rings. The number of nitrogens with zero attached hydrogens (tertiary/aromatic N) is 1. The van der Waals surface area contributed by atoms with Gasteiger partial charge in [-0.1, -0.05) is 6.07 Å². The maximum Gasteiger partial charge on any atom is 0.339 e. The summed E-state index contributed by atoms with van der Waals surface area (Å²) in [5, 5.41) is 17.4. The summed E-state index contributed by atoms with van der Waals surface area (Å²) >= 11 is 0. The molecule has 0 aliphatic rings. The molecule has 124 valence electrons. The molecule has 1 aromatic carbocycles. The van der Waals surface area contributed by atoms with E-state index in [-0.39, 0.29) is 23.7 Å². The highest BCUT2D eigenvalue weighted by Crippen LogP contribution is 2.39. The van der Waals surface area contributed by atoms with Crippen molar-refractivity contribution in [2.45, 2.75) is 6.61 Å². The van der Waals surface area contributed by atoms with Gasteiger partial charge in [0.05, 0.1) is 33.6 Å². The lowest BCUT2D eigenvalue weighted by atomic mass is 10.1. The number of aliphatic hydroxyl groups excluding tert-OH is 1. The highest BCUT2D eigenvalue weighted by molar-refractivity contribution is 5.92. The van der Waals surface area contributed by atoms with Crippen LogP contribution in [0, 0.1) is 0 Å². The number of ether oxygens (including phenoxy) is 3. The van der Waals surface area contributed by atoms with E-state index < -0.39 is 5.97 Å². The van der Waals surface area contributed by atoms with Gasteiger partial charge in [-0.05, 0) is 24.3 Å². The smallest absolute Gasteiger partial charge is 0.339 e. The van der Waals surface area contributed by atoms with Crippen LogP contribution in [0.15, 0.2) is 36.5 Å². The molecular weight excluding hydrogens is 302 g/mol. The maximum atomic E-state index is 10.9. The average molecular weight is 321 g/mol. The van der Waals surface area contributed by atoms with E-state index in [0.717, 1.165) is 0 Å². The Labute approximate surface area is 134 Å². The Morgan fingerprint density at radius 1 is 1.04 bits per heavy atom. The Hall–Kier alpha value is -2.80. The van der Waals surface area contributed by atoms with Crippen LogP contribution in [0.25, 0.3) is 0 Å². The monoisotopic (exact) mass is 321 g/mol. The zero-order valence-corrected chi connectivity index (χ0v) is 13.1. The molecule has 0 amide bonds. The predicted octanol–water partition coefficient (Wildman–Crippen LogP) is 1.98. The number of carboxylic acid groups (broad SMARTS) is 1. The number of benzene rings is 1. The molecule has 7 heteroatoms. The quantitative estimate of drug-likeness (QED) is 0.869. The number of aliphatic hydroxyl groups is 1. The molecule has 7 nitrogen and oxygen atoms in total. The summed E-state index contributed by atoms with van der Waals surface area (Å²) in [6.45, 7) is 0.0286. The number of aromatic carboxylic acids is 1. The number of hydrogen-bond donors (Lipinski definition) is 2. The minimum Gasteiger partial charge on any atom is -0.493 e. The Kier molecular flexibility index (Phi) is 7.35. The van der Waals surface area contributed by atoms with Gasteiger partial charge in [-0.3, -0.25) is 4.98 Å². The largest absolute Gasteiger partial charge is 0.493 e. The Morgan fingerprint density at radius 2 is 1.74 bits per heavy atom. The third-order valence-corrected chi connectivity index (χ3v) is 2.82. The van der Waals surface area contributed by atoms with E-state index in [9.17, 15) is 4.79 Å². The summed E-state index contributed by atoms with van der Waals surface area (Å²) in [6, 6.07) is 8.37. The van der Waals surface area contributed by atoms with Gasteiger partial charge in [0.25, 0.3) is 0 Å². The lowest BCUT2D eigenvalue weighted by molar-refractivity contribution is 0.0692. The first-order valence-electron chi connectivity index (χ1n) is 6.62. The van der Waals surface area contributed by atoms with Gasteiger partial charge < -0.3 is 24.4 Å². The molecule has 0 atom stereocenters. The van der Waals surface area contributed by atoms with Crippen LogP contribution in [0.4, 0.5) is 0 Å². The average Bonchev–Trinajstić information content (AvgIpc) is 2.61. The standard InChI is InChI=1S/C10H12O5.C6H7NO/c1-13-7-5-4-6(10(11)12)8(14-2)9(7)15-3;8-5-6-3-1-2-4-7-6/h4-5H,1-3H3,(H,11,12);1-4,8H,5H2. The minimum absolute atomic E-state index is 0.0286. The predicted molar refractivity (Wildman–Crippen MR) is 83.2 cm³/mol. The summed E-state index contributed by atoms with van der Waals surface area (Å²) in [5.41, 5.74) is 0.752. The molecule has 0 aliphatic carbocycles. The van der Waals surface area contributed by atoms with Gasteiger partial charge in [0.2, 0.25) is 5.75 Å². The molecule has 0 aliphatic heterocycles. The lowest BCUT2D eigenvalue weighted by Crippen LogP contribution is -2.03. The highest BCUT2D eigenvalue weighted by Gasteiger charge is 2.19. The van der Waals surface area contributed by atoms with E-state index in [2.05, 4.69) is 4.98 Å². The topological polar surface area (TPSA) is 98.1 Å². The normalized spacial score (nSPS) is 9.39. The highest BCUT2D eigenvalue weighted by atomic mass is 16.5. The third-order valence-electron chi connectivity index (χ3n) is 2.82. The third kappa shape index (κ3) is 4.86. The number of carbonyl (C=O) groups is 1. The van der Waals surface area contributed by atoms with Crippen LogP contribution in [0.1, 0.15) is 16.1 Å². The van der Waals surface area contributed by atoms with Crippen molar-refractivity contribution in [3.63, 3.8) is 0 Å². The lowest BCUT2D eigenvalue weighted by Gasteiger charge is -2.13. The summed E-state index contributed by atoms with van der Waals surface area (Å²) in [7, 11) is 4.27. The second kappa shape index (κ2) is 9.26. The van der Waals surface area contributed by atoms with E-state index >= 15 is 0 Å². The number of aromatic nitrogens is 1. The van der Waals surface area contributed by atoms with Crippen molar-refractivity contribution in [1.82, 2.24) is 4.98 Å². The van der Waals surface area contributed by atoms with Crippen molar-refractivity contribution in [2.24, 2.45) is 0 Å². The van der Waals surface area contributed by atoms with E-state index in [4.69, 9.17) is 24.4 Å². The van der Waals surface area contributed by atoms with Crippen LogP contribution in [-0.4, -0.2) is 42.5 Å². The molecule has 0 spiro atoms. The van der Waals surface area contributed by atoms with Gasteiger partial charge in [0.15, 0.2) is 11.5 Å². The Morgan fingerprint density at radius 3 is 2.13 bits per heavy atom. The molecule has 0 unspecified atom stereocenters. The zero-order valence-electron chi connectivity index (χ0n) is 13.1. The molecule has 0 radical (unpaired) electrons. The second-order valence-electron chi connectivity index (χ2n) is 4.17. The maximum absolute atomic E-state index is 10.9. The molecule has 0 bridgehead atoms. The summed E-state index contributed by atoms with van der Waals surface area (Å²) < 4.78 is 15.0. The van der Waals surface area contributed by atoms with Crippen LogP contribution < -0.4 is 14.2 Å². The number of methoxy groups -OCH3 is 3. The van der Waals surface area contributed by atoms with Crippen LogP contribution >= 0.6 is 0 Å². The summed E-state index contributed by atoms with van der Waals surface area (Å²) in [6.07, 6.45) is 1.66. The zero-order chi connectivity index (χ0) is 17.2. The van der Waals surface area contributed by atoms with Gasteiger partial charge in [0.1, 0.15) is 5.56 Å². The van der Waals surface area contributed by atoms with Gasteiger partial charge in [-0.15, -0.1) is 0 Å². The van der Waals surface area contributed by atoms with Crippen molar-refractivity contribution in [1.29, 1.82) is 0 Å². The van der Waals surface area contributed by atoms with Gasteiger partial charge in [-0.25, -0.2) is 4.79 Å². The fourth-order valence-electron chi connectivity index (χ4n) is 1.76. The number of pyridine rings is 1. The first-order chi connectivity index (χ1) is 11.1. The van der Waals surface area contributed by atoms with E-state index in [0.29, 0.717) is 11.4 Å². The fraction of sp³-hybridized carbons (Fsp3) is 0.250. The molecule has 2 N–H and O–H groups in total. The van der Waals surface area contributed by atoms with Gasteiger partial charge in [-0.2, -0.15) is 0 Å². The summed E-state index contributed by atoms with van der Waals surface area (Å²) in [4.78, 5) is 14.7. The molecule has 0 saturated carbocycles. The summed E-state index contributed by atoms with van der Waals surface area (Å²) in [5.74, 6) is -0.212. The van der Waals surface area contributed by atoms with Crippen molar-refractivity contribution in [3.8, 4) is 17.2 Å². The Bertz CT molecular complexity index is 630. The van der Waals surface area contributed by atoms with E-state index in [1.807, 2.05) is 12.1 Å². The molecular formula is C16H19NO6. The first kappa shape index (κ1) is 18.2. The molecule has 2 aromatic rings.